The second-order valence-electron chi connectivity index (χ2n) is 3.76. The van der Waals surface area contributed by atoms with Gasteiger partial charge < -0.3 is 4.74 Å². The fourth-order valence-electron chi connectivity index (χ4n) is 1.77. The maximum Gasteiger partial charge on any atom is 0.129 e. The summed E-state index contributed by atoms with van der Waals surface area (Å²) in [7, 11) is 1.66. The first-order valence-electron chi connectivity index (χ1n) is 5.40. The third-order valence-corrected chi connectivity index (χ3v) is 3.06. The molecule has 0 saturated carbocycles. The fourth-order valence-corrected chi connectivity index (χ4v) is 2.32. The number of aromatic nitrogens is 3. The normalized spacial score (nSPS) is 10.6. The zero-order valence-corrected chi connectivity index (χ0v) is 11.7. The molecule has 0 spiro atoms. The number of benzene rings is 1. The van der Waals surface area contributed by atoms with E-state index < -0.39 is 0 Å². The van der Waals surface area contributed by atoms with Crippen LogP contribution in [0.15, 0.2) is 22.8 Å². The highest BCUT2D eigenvalue weighted by Gasteiger charge is 2.13. The number of aryl methyl sites for hydroxylation is 2. The number of hydrogen-bond donors (Lipinski definition) is 0. The number of nitrogens with zero attached hydrogens (tertiary/aromatic N) is 3. The summed E-state index contributed by atoms with van der Waals surface area (Å²) in [5.41, 5.74) is 2.95. The van der Waals surface area contributed by atoms with Crippen molar-refractivity contribution >= 4 is 15.9 Å². The average molecular weight is 296 g/mol. The number of ether oxygens (including phenoxy) is 1. The van der Waals surface area contributed by atoms with E-state index in [1.165, 1.54) is 0 Å². The lowest BCUT2D eigenvalue weighted by Gasteiger charge is -2.09. The molecule has 2 rings (SSSR count). The first-order chi connectivity index (χ1) is 8.15. The Morgan fingerprint density at radius 1 is 1.41 bits per heavy atom. The molecule has 1 heterocycles. The SMILES string of the molecule is CCn1cc(-c2c(C)cc(Br)cc2OC)nn1. The van der Waals surface area contributed by atoms with E-state index in [0.717, 1.165) is 33.6 Å². The van der Waals surface area contributed by atoms with Crippen molar-refractivity contribution in [3.05, 3.63) is 28.4 Å². The van der Waals surface area contributed by atoms with Gasteiger partial charge in [-0.1, -0.05) is 21.1 Å². The van der Waals surface area contributed by atoms with Crippen LogP contribution >= 0.6 is 15.9 Å². The first-order valence-corrected chi connectivity index (χ1v) is 6.19. The minimum atomic E-state index is 0.806. The van der Waals surface area contributed by atoms with Crippen LogP contribution in [0.5, 0.6) is 5.75 Å². The number of hydrogen-bond acceptors (Lipinski definition) is 3. The van der Waals surface area contributed by atoms with Gasteiger partial charge in [-0.25, -0.2) is 0 Å². The van der Waals surface area contributed by atoms with Crippen molar-refractivity contribution in [1.29, 1.82) is 0 Å². The van der Waals surface area contributed by atoms with Crippen LogP contribution in [0.1, 0.15) is 12.5 Å². The molecule has 1 aromatic heterocycles. The Morgan fingerprint density at radius 3 is 2.76 bits per heavy atom. The molecule has 2 aromatic rings. The van der Waals surface area contributed by atoms with E-state index in [9.17, 15) is 0 Å². The summed E-state index contributed by atoms with van der Waals surface area (Å²) in [6, 6.07) is 3.98. The number of halogens is 1. The van der Waals surface area contributed by atoms with E-state index in [-0.39, 0.29) is 0 Å². The highest BCUT2D eigenvalue weighted by molar-refractivity contribution is 9.10. The van der Waals surface area contributed by atoms with E-state index in [1.54, 1.807) is 11.8 Å². The topological polar surface area (TPSA) is 39.9 Å². The molecule has 1 aromatic carbocycles. The Morgan fingerprint density at radius 2 is 2.18 bits per heavy atom. The third-order valence-electron chi connectivity index (χ3n) is 2.60. The largest absolute Gasteiger partial charge is 0.496 e. The lowest BCUT2D eigenvalue weighted by molar-refractivity contribution is 0.415. The Hall–Kier alpha value is -1.36. The maximum atomic E-state index is 5.40. The van der Waals surface area contributed by atoms with Crippen molar-refractivity contribution in [2.24, 2.45) is 0 Å². The predicted octanol–water partition coefficient (Wildman–Crippen LogP) is 3.04. The van der Waals surface area contributed by atoms with Crippen LogP contribution in [0.25, 0.3) is 11.3 Å². The zero-order chi connectivity index (χ0) is 12.4. The van der Waals surface area contributed by atoms with Crippen LogP contribution in [-0.4, -0.2) is 22.1 Å². The van der Waals surface area contributed by atoms with Gasteiger partial charge >= 0.3 is 0 Å². The number of methoxy groups -OCH3 is 1. The van der Waals surface area contributed by atoms with Crippen molar-refractivity contribution in [2.75, 3.05) is 7.11 Å². The summed E-state index contributed by atoms with van der Waals surface area (Å²) in [6.45, 7) is 4.88. The molecule has 0 fully saturated rings. The Bertz CT molecular complexity index is 537. The van der Waals surface area contributed by atoms with Crippen LogP contribution in [-0.2, 0) is 6.54 Å². The molecule has 0 aliphatic rings. The molecule has 0 N–H and O–H groups in total. The average Bonchev–Trinajstić information content (AvgIpc) is 2.76. The monoisotopic (exact) mass is 295 g/mol. The summed E-state index contributed by atoms with van der Waals surface area (Å²) < 4.78 is 8.20. The Balaban J connectivity index is 2.57. The molecule has 0 radical (unpaired) electrons. The molecule has 0 saturated heterocycles. The summed E-state index contributed by atoms with van der Waals surface area (Å²) in [5.74, 6) is 0.806. The van der Waals surface area contributed by atoms with Gasteiger partial charge in [0.2, 0.25) is 0 Å². The Kier molecular flexibility index (Phi) is 3.47. The van der Waals surface area contributed by atoms with Gasteiger partial charge in [0, 0.05) is 16.6 Å². The standard InChI is InChI=1S/C12H14BrN3O/c1-4-16-7-10(14-15-16)12-8(2)5-9(13)6-11(12)17-3/h5-7H,4H2,1-3H3. The van der Waals surface area contributed by atoms with Gasteiger partial charge in [-0.05, 0) is 31.5 Å². The van der Waals surface area contributed by atoms with Gasteiger partial charge in [0.15, 0.2) is 0 Å². The smallest absolute Gasteiger partial charge is 0.129 e. The van der Waals surface area contributed by atoms with Crippen molar-refractivity contribution in [3.8, 4) is 17.0 Å². The van der Waals surface area contributed by atoms with Crippen LogP contribution < -0.4 is 4.74 Å². The second kappa shape index (κ2) is 4.87. The van der Waals surface area contributed by atoms with E-state index in [4.69, 9.17) is 4.74 Å². The lowest BCUT2D eigenvalue weighted by Crippen LogP contribution is -1.93. The van der Waals surface area contributed by atoms with Crippen molar-refractivity contribution in [3.63, 3.8) is 0 Å². The van der Waals surface area contributed by atoms with Crippen LogP contribution in [0.2, 0.25) is 0 Å². The zero-order valence-electron chi connectivity index (χ0n) is 10.1. The molecule has 17 heavy (non-hydrogen) atoms. The summed E-state index contributed by atoms with van der Waals surface area (Å²) in [4.78, 5) is 0. The summed E-state index contributed by atoms with van der Waals surface area (Å²) >= 11 is 3.46. The summed E-state index contributed by atoms with van der Waals surface area (Å²) in [5, 5.41) is 8.22. The molecule has 4 nitrogen and oxygen atoms in total. The minimum Gasteiger partial charge on any atom is -0.496 e. The fraction of sp³-hybridized carbons (Fsp3) is 0.333. The van der Waals surface area contributed by atoms with Gasteiger partial charge in [0.25, 0.3) is 0 Å². The van der Waals surface area contributed by atoms with Crippen molar-refractivity contribution < 1.29 is 4.74 Å². The van der Waals surface area contributed by atoms with Crippen LogP contribution in [0.3, 0.4) is 0 Å². The second-order valence-corrected chi connectivity index (χ2v) is 4.68. The lowest BCUT2D eigenvalue weighted by atomic mass is 10.1. The molecule has 0 bridgehead atoms. The first kappa shape index (κ1) is 12.1. The van der Waals surface area contributed by atoms with Crippen LogP contribution in [0.4, 0.5) is 0 Å². The van der Waals surface area contributed by atoms with E-state index >= 15 is 0 Å². The van der Waals surface area contributed by atoms with E-state index in [0.29, 0.717) is 0 Å². The Labute approximate surface area is 109 Å². The molecule has 0 aliphatic heterocycles. The van der Waals surface area contributed by atoms with E-state index in [2.05, 4.69) is 26.2 Å². The highest BCUT2D eigenvalue weighted by Crippen LogP contribution is 2.34. The molecule has 0 amide bonds. The van der Waals surface area contributed by atoms with Gasteiger partial charge in [0.1, 0.15) is 11.4 Å². The third kappa shape index (κ3) is 2.34. The van der Waals surface area contributed by atoms with Gasteiger partial charge in [-0.3, -0.25) is 4.68 Å². The molecule has 5 heteroatoms. The molecule has 0 atom stereocenters. The molecule has 90 valence electrons. The minimum absolute atomic E-state index is 0.806. The predicted molar refractivity (Wildman–Crippen MR) is 70.1 cm³/mol. The number of rotatable bonds is 3. The summed E-state index contributed by atoms with van der Waals surface area (Å²) in [6.07, 6.45) is 1.93. The van der Waals surface area contributed by atoms with Gasteiger partial charge in [-0.15, -0.1) is 5.10 Å². The van der Waals surface area contributed by atoms with Crippen molar-refractivity contribution in [2.45, 2.75) is 20.4 Å². The molecular formula is C12H14BrN3O. The van der Waals surface area contributed by atoms with E-state index in [1.807, 2.05) is 32.2 Å². The van der Waals surface area contributed by atoms with Crippen molar-refractivity contribution in [1.82, 2.24) is 15.0 Å². The van der Waals surface area contributed by atoms with Gasteiger partial charge in [0.05, 0.1) is 13.3 Å². The molecule has 0 aliphatic carbocycles. The molecular weight excluding hydrogens is 282 g/mol. The quantitative estimate of drug-likeness (QED) is 0.874. The molecule has 0 unspecified atom stereocenters. The van der Waals surface area contributed by atoms with Gasteiger partial charge in [-0.2, -0.15) is 0 Å². The maximum absolute atomic E-state index is 5.40. The highest BCUT2D eigenvalue weighted by atomic mass is 79.9. The van der Waals surface area contributed by atoms with Crippen LogP contribution in [0, 0.1) is 6.92 Å².